The largest absolute Gasteiger partial charge is 0.344 e. The van der Waals surface area contributed by atoms with Gasteiger partial charge in [0.1, 0.15) is 5.54 Å². The smallest absolute Gasteiger partial charge is 0.335 e. The van der Waals surface area contributed by atoms with Gasteiger partial charge in [-0.3, -0.25) is 24.7 Å². The first-order valence-corrected chi connectivity index (χ1v) is 10.9. The number of urea groups is 1. The molecule has 10 heteroatoms. The van der Waals surface area contributed by atoms with Crippen molar-refractivity contribution in [3.8, 4) is 0 Å². The average molecular weight is 420 g/mol. The molecule has 9 nitrogen and oxygen atoms in total. The fourth-order valence-corrected chi connectivity index (χ4v) is 4.94. The van der Waals surface area contributed by atoms with Gasteiger partial charge in [-0.1, -0.05) is 25.3 Å². The molecule has 0 bridgehead atoms. The maximum Gasteiger partial charge on any atom is 0.344 e. The second-order valence-corrected chi connectivity index (χ2v) is 8.74. The van der Waals surface area contributed by atoms with E-state index in [4.69, 9.17) is 0 Å². The predicted molar refractivity (Wildman–Crippen MR) is 106 cm³/mol. The van der Waals surface area contributed by atoms with Crippen LogP contribution in [0.15, 0.2) is 17.5 Å². The van der Waals surface area contributed by atoms with Crippen molar-refractivity contribution >= 4 is 35.1 Å². The maximum absolute atomic E-state index is 12.7. The standard InChI is InChI=1S/C19H25N5O4S/c25-15(21-24-17(27)19(20-18(24)28)6-2-1-3-7-19)13-22-8-10-23(11-9-22)16(26)14-5-4-12-29-14/h4-5,12H,1-3,6-11,13H2,(H,20,28)(H,21,25). The summed E-state index contributed by atoms with van der Waals surface area (Å²) in [5.74, 6) is -0.748. The summed E-state index contributed by atoms with van der Waals surface area (Å²) in [4.78, 5) is 54.2. The lowest BCUT2D eigenvalue weighted by Gasteiger charge is -2.34. The van der Waals surface area contributed by atoms with E-state index in [1.807, 2.05) is 22.4 Å². The lowest BCUT2D eigenvalue weighted by molar-refractivity contribution is -0.140. The van der Waals surface area contributed by atoms with Crippen molar-refractivity contribution in [2.45, 2.75) is 37.6 Å². The fourth-order valence-electron chi connectivity index (χ4n) is 4.24. The quantitative estimate of drug-likeness (QED) is 0.703. The zero-order valence-electron chi connectivity index (χ0n) is 16.2. The average Bonchev–Trinajstić information content (AvgIpc) is 3.33. The highest BCUT2D eigenvalue weighted by molar-refractivity contribution is 7.12. The van der Waals surface area contributed by atoms with Crippen LogP contribution in [0, 0.1) is 0 Å². The number of carbonyl (C=O) groups excluding carboxylic acids is 4. The Kier molecular flexibility index (Phi) is 5.55. The van der Waals surface area contributed by atoms with Crippen LogP contribution in [0.1, 0.15) is 41.8 Å². The topological polar surface area (TPSA) is 102 Å². The van der Waals surface area contributed by atoms with Gasteiger partial charge in [-0.05, 0) is 24.3 Å². The minimum Gasteiger partial charge on any atom is -0.335 e. The Balaban J connectivity index is 1.27. The zero-order valence-corrected chi connectivity index (χ0v) is 17.0. The molecule has 1 aromatic rings. The molecular weight excluding hydrogens is 394 g/mol. The Morgan fingerprint density at radius 3 is 2.48 bits per heavy atom. The summed E-state index contributed by atoms with van der Waals surface area (Å²) in [6, 6.07) is 3.10. The number of piperazine rings is 1. The zero-order chi connectivity index (χ0) is 20.4. The van der Waals surface area contributed by atoms with Crippen LogP contribution in [0.5, 0.6) is 0 Å². The summed E-state index contributed by atoms with van der Waals surface area (Å²) in [6.07, 6.45) is 4.07. The highest BCUT2D eigenvalue weighted by Crippen LogP contribution is 2.32. The van der Waals surface area contributed by atoms with Gasteiger partial charge in [-0.2, -0.15) is 5.01 Å². The third-order valence-corrected chi connectivity index (χ3v) is 6.72. The van der Waals surface area contributed by atoms with Crippen LogP contribution >= 0.6 is 11.3 Å². The molecule has 0 atom stereocenters. The van der Waals surface area contributed by atoms with Gasteiger partial charge in [0.25, 0.3) is 17.7 Å². The molecule has 0 unspecified atom stereocenters. The number of nitrogens with zero attached hydrogens (tertiary/aromatic N) is 3. The van der Waals surface area contributed by atoms with E-state index in [-0.39, 0.29) is 18.4 Å². The molecule has 1 saturated carbocycles. The Morgan fingerprint density at radius 2 is 1.83 bits per heavy atom. The molecule has 0 radical (unpaired) electrons. The van der Waals surface area contributed by atoms with E-state index in [1.54, 1.807) is 4.90 Å². The Hall–Kier alpha value is -2.46. The van der Waals surface area contributed by atoms with Gasteiger partial charge < -0.3 is 10.2 Å². The first-order chi connectivity index (χ1) is 14.0. The number of hydrogen-bond donors (Lipinski definition) is 2. The van der Waals surface area contributed by atoms with Gasteiger partial charge in [-0.15, -0.1) is 11.3 Å². The molecule has 1 spiro atoms. The van der Waals surface area contributed by atoms with Crippen molar-refractivity contribution in [3.63, 3.8) is 0 Å². The predicted octanol–water partition coefficient (Wildman–Crippen LogP) is 0.792. The second kappa shape index (κ2) is 8.11. The third kappa shape index (κ3) is 3.99. The van der Waals surface area contributed by atoms with Crippen molar-refractivity contribution in [1.82, 2.24) is 25.6 Å². The molecule has 29 heavy (non-hydrogen) atoms. The molecule has 0 aromatic carbocycles. The van der Waals surface area contributed by atoms with E-state index >= 15 is 0 Å². The number of carbonyl (C=O) groups is 4. The van der Waals surface area contributed by atoms with E-state index < -0.39 is 17.5 Å². The maximum atomic E-state index is 12.7. The van der Waals surface area contributed by atoms with E-state index in [2.05, 4.69) is 10.7 Å². The van der Waals surface area contributed by atoms with Crippen LogP contribution < -0.4 is 10.7 Å². The van der Waals surface area contributed by atoms with Crippen LogP contribution in [-0.4, -0.2) is 76.8 Å². The molecule has 4 rings (SSSR count). The minimum atomic E-state index is -0.851. The van der Waals surface area contributed by atoms with Crippen molar-refractivity contribution in [2.75, 3.05) is 32.7 Å². The molecule has 1 aromatic heterocycles. The Labute approximate surface area is 173 Å². The molecule has 3 aliphatic rings. The van der Waals surface area contributed by atoms with Crippen molar-refractivity contribution < 1.29 is 19.2 Å². The molecular formula is C19H25N5O4S. The lowest BCUT2D eigenvalue weighted by atomic mass is 9.82. The van der Waals surface area contributed by atoms with E-state index in [1.165, 1.54) is 11.3 Å². The molecule has 156 valence electrons. The molecule has 2 aliphatic heterocycles. The lowest BCUT2D eigenvalue weighted by Crippen LogP contribution is -2.54. The van der Waals surface area contributed by atoms with Gasteiger partial charge in [-0.25, -0.2) is 4.79 Å². The van der Waals surface area contributed by atoms with Crippen LogP contribution in [0.4, 0.5) is 4.79 Å². The fraction of sp³-hybridized carbons (Fsp3) is 0.579. The van der Waals surface area contributed by atoms with Crippen molar-refractivity contribution in [3.05, 3.63) is 22.4 Å². The molecule has 3 heterocycles. The molecule has 5 amide bonds. The number of imide groups is 1. The summed E-state index contributed by atoms with van der Waals surface area (Å²) in [5, 5.41) is 5.49. The molecule has 2 saturated heterocycles. The summed E-state index contributed by atoms with van der Waals surface area (Å²) >= 11 is 1.42. The highest BCUT2D eigenvalue weighted by atomic mass is 32.1. The Bertz CT molecular complexity index is 798. The van der Waals surface area contributed by atoms with Gasteiger partial charge in [0.2, 0.25) is 0 Å². The first kappa shape index (κ1) is 19.8. The number of rotatable bonds is 4. The van der Waals surface area contributed by atoms with Gasteiger partial charge >= 0.3 is 6.03 Å². The number of nitrogens with one attached hydrogen (secondary N) is 2. The summed E-state index contributed by atoms with van der Waals surface area (Å²) in [7, 11) is 0. The van der Waals surface area contributed by atoms with Crippen LogP contribution in [-0.2, 0) is 9.59 Å². The van der Waals surface area contributed by atoms with Crippen molar-refractivity contribution in [1.29, 1.82) is 0 Å². The summed E-state index contributed by atoms with van der Waals surface area (Å²) < 4.78 is 0. The second-order valence-electron chi connectivity index (χ2n) is 7.79. The summed E-state index contributed by atoms with van der Waals surface area (Å²) in [6.45, 7) is 2.28. The van der Waals surface area contributed by atoms with Crippen LogP contribution in [0.25, 0.3) is 0 Å². The molecule has 1 aliphatic carbocycles. The SMILES string of the molecule is O=C(CN1CCN(C(=O)c2cccs2)CC1)NN1C(=O)NC2(CCCCC2)C1=O. The van der Waals surface area contributed by atoms with E-state index in [9.17, 15) is 19.2 Å². The van der Waals surface area contributed by atoms with Crippen LogP contribution in [0.3, 0.4) is 0 Å². The van der Waals surface area contributed by atoms with Crippen LogP contribution in [0.2, 0.25) is 0 Å². The van der Waals surface area contributed by atoms with Gasteiger partial charge in [0, 0.05) is 26.2 Å². The number of hydrogen-bond acceptors (Lipinski definition) is 6. The number of thiophene rings is 1. The van der Waals surface area contributed by atoms with Crippen molar-refractivity contribution in [2.24, 2.45) is 0 Å². The monoisotopic (exact) mass is 419 g/mol. The molecule has 3 fully saturated rings. The first-order valence-electron chi connectivity index (χ1n) is 10.00. The molecule has 2 N–H and O–H groups in total. The summed E-state index contributed by atoms with van der Waals surface area (Å²) in [5.41, 5.74) is 1.62. The van der Waals surface area contributed by atoms with Gasteiger partial charge in [0.05, 0.1) is 11.4 Å². The normalized spacial score (nSPS) is 22.1. The van der Waals surface area contributed by atoms with Gasteiger partial charge in [0.15, 0.2) is 0 Å². The Morgan fingerprint density at radius 1 is 1.10 bits per heavy atom. The number of amides is 5. The van der Waals surface area contributed by atoms with E-state index in [0.717, 1.165) is 24.3 Å². The third-order valence-electron chi connectivity index (χ3n) is 5.86. The number of hydrazine groups is 1. The minimum absolute atomic E-state index is 0.0150. The highest BCUT2D eigenvalue weighted by Gasteiger charge is 2.52. The van der Waals surface area contributed by atoms with E-state index in [0.29, 0.717) is 43.9 Å².